The maximum absolute atomic E-state index is 14.0. The molecule has 1 aliphatic heterocycles. The number of halogens is 2. The highest BCUT2D eigenvalue weighted by Gasteiger charge is 2.34. The topological polar surface area (TPSA) is 130 Å². The molecule has 11 nitrogen and oxygen atoms in total. The normalized spacial score (nSPS) is 13.4. The summed E-state index contributed by atoms with van der Waals surface area (Å²) < 4.78 is 13.5. The number of hydrogen-bond donors (Lipinski definition) is 4. The minimum atomic E-state index is -0.373. The van der Waals surface area contributed by atoms with Gasteiger partial charge in [0.25, 0.3) is 0 Å². The number of carbonyl (C=O) groups excluding carboxylic acids is 2. The summed E-state index contributed by atoms with van der Waals surface area (Å²) in [6.45, 7) is 1.04. The van der Waals surface area contributed by atoms with Crippen LogP contribution in [0.2, 0.25) is 0 Å². The predicted octanol–water partition coefficient (Wildman–Crippen LogP) is 4.63. The molecule has 0 unspecified atom stereocenters. The number of hydrogen-bond acceptors (Lipinski definition) is 8. The molecule has 0 aliphatic carbocycles. The third kappa shape index (κ3) is 7.68. The number of carbonyl (C=O) groups is 2. The Morgan fingerprint density at radius 3 is 2.64 bits per heavy atom. The fourth-order valence-corrected chi connectivity index (χ4v) is 4.23. The van der Waals surface area contributed by atoms with E-state index in [1.165, 1.54) is 29.3 Å². The number of urea groups is 1. The first kappa shape index (κ1) is 30.2. The summed E-state index contributed by atoms with van der Waals surface area (Å²) in [5.74, 6) is -0.220. The maximum atomic E-state index is 14.0. The summed E-state index contributed by atoms with van der Waals surface area (Å²) in [4.78, 5) is 40.4. The molecule has 0 fully saturated rings. The monoisotopic (exact) mass is 591 g/mol. The smallest absolute Gasteiger partial charge is 0.330 e. The first-order valence-corrected chi connectivity index (χ1v) is 13.3. The molecule has 2 aromatic carbocycles. The summed E-state index contributed by atoms with van der Waals surface area (Å²) in [7, 11) is 5.47. The summed E-state index contributed by atoms with van der Waals surface area (Å²) in [5.41, 5.74) is 2.58. The number of amides is 3. The van der Waals surface area contributed by atoms with E-state index >= 15 is 0 Å². The van der Waals surface area contributed by atoms with Gasteiger partial charge in [-0.3, -0.25) is 10.2 Å². The first-order chi connectivity index (χ1) is 20.1. The molecule has 13 heteroatoms. The van der Waals surface area contributed by atoms with E-state index in [4.69, 9.17) is 17.0 Å². The van der Waals surface area contributed by atoms with Gasteiger partial charge in [0.2, 0.25) is 11.9 Å². The Morgan fingerprint density at radius 2 is 1.95 bits per heavy atom. The lowest BCUT2D eigenvalue weighted by Gasteiger charge is -2.36. The van der Waals surface area contributed by atoms with Crippen LogP contribution in [0.1, 0.15) is 11.1 Å². The molecule has 0 atom stereocenters. The van der Waals surface area contributed by atoms with Crippen LogP contribution in [-0.4, -0.2) is 64.6 Å². The number of fused-ring (bicyclic) bond motifs is 1. The Kier molecular flexibility index (Phi) is 9.84. The molecule has 3 aromatic rings. The average molecular weight is 592 g/mol. The molecule has 4 N–H and O–H groups in total. The maximum Gasteiger partial charge on any atom is 0.330 e. The Bertz CT molecular complexity index is 1530. The molecule has 0 radical (unpaired) electrons. The number of benzene rings is 2. The number of allylic oxidation sites excluding steroid dienone is 1. The van der Waals surface area contributed by atoms with Crippen molar-refractivity contribution in [1.82, 2.24) is 25.1 Å². The first-order valence-electron chi connectivity index (χ1n) is 12.9. The number of nitrogens with one attached hydrogen (secondary N) is 4. The van der Waals surface area contributed by atoms with Gasteiger partial charge < -0.3 is 25.8 Å². The van der Waals surface area contributed by atoms with Gasteiger partial charge in [-0.15, -0.1) is 0 Å². The van der Waals surface area contributed by atoms with E-state index in [-0.39, 0.29) is 47.7 Å². The van der Waals surface area contributed by atoms with Crippen molar-refractivity contribution in [3.8, 4) is 0 Å². The minimum Gasteiger partial charge on any atom is -0.392 e. The quantitative estimate of drug-likeness (QED) is 0.189. The Balaban J connectivity index is 1.70. The second-order valence-corrected chi connectivity index (χ2v) is 10.0. The van der Waals surface area contributed by atoms with Gasteiger partial charge in [0.05, 0.1) is 17.9 Å². The summed E-state index contributed by atoms with van der Waals surface area (Å²) >= 11 is 5.90. The number of rotatable bonds is 11. The van der Waals surface area contributed by atoms with Crippen LogP contribution in [-0.2, 0) is 17.9 Å². The van der Waals surface area contributed by atoms with Crippen LogP contribution in [0.4, 0.5) is 32.3 Å². The number of anilines is 4. The van der Waals surface area contributed by atoms with Crippen LogP contribution >= 0.6 is 11.6 Å². The van der Waals surface area contributed by atoms with Gasteiger partial charge in [0.1, 0.15) is 11.0 Å². The molecule has 0 spiro atoms. The lowest BCUT2D eigenvalue weighted by molar-refractivity contribution is -0.111. The van der Waals surface area contributed by atoms with Crippen LogP contribution in [0, 0.1) is 11.2 Å². The van der Waals surface area contributed by atoms with E-state index in [0.717, 1.165) is 5.56 Å². The SMILES string of the molecule is CN/C=C(/Nc1ncc2c(n1)N(c1cccc(NC(=O)/C=C/CN(C)C)c1)C(=O)N(Cc1ccc(F)cc1)C2)C(=N)Cl. The molecule has 0 bridgehead atoms. The lowest BCUT2D eigenvalue weighted by Crippen LogP contribution is -2.45. The van der Waals surface area contributed by atoms with Crippen molar-refractivity contribution in [3.05, 3.63) is 95.7 Å². The molecule has 0 saturated heterocycles. The fourth-order valence-electron chi connectivity index (χ4n) is 4.13. The highest BCUT2D eigenvalue weighted by molar-refractivity contribution is 6.68. The summed E-state index contributed by atoms with van der Waals surface area (Å²) in [6, 6.07) is 12.4. The number of aromatic nitrogens is 2. The van der Waals surface area contributed by atoms with E-state index in [1.54, 1.807) is 60.6 Å². The highest BCUT2D eigenvalue weighted by Crippen LogP contribution is 2.35. The van der Waals surface area contributed by atoms with E-state index in [0.29, 0.717) is 29.3 Å². The standard InChI is InChI=1S/C29H31ClFN9O2/c1-33-16-24(26(30)32)36-28-34-15-20-18-39(17-19-9-11-21(31)12-10-19)29(42)40(27(20)37-28)23-7-4-6-22(14-23)35-25(41)8-5-13-38(2)3/h4-12,14-16,32-33H,13,17-18H2,1-3H3,(H,35,41)(H,34,36,37)/b8-5+,24-16+,32-26?. The zero-order chi connectivity index (χ0) is 30.2. The van der Waals surface area contributed by atoms with E-state index < -0.39 is 0 Å². The van der Waals surface area contributed by atoms with Crippen molar-refractivity contribution in [1.29, 1.82) is 5.41 Å². The van der Waals surface area contributed by atoms with Gasteiger partial charge in [-0.1, -0.05) is 35.9 Å². The Hall–Kier alpha value is -4.81. The van der Waals surface area contributed by atoms with Crippen LogP contribution in [0.3, 0.4) is 0 Å². The van der Waals surface area contributed by atoms with Crippen LogP contribution in [0.5, 0.6) is 0 Å². The van der Waals surface area contributed by atoms with Gasteiger partial charge in [0, 0.05) is 49.9 Å². The zero-order valence-electron chi connectivity index (χ0n) is 23.4. The summed E-state index contributed by atoms with van der Waals surface area (Å²) in [6.07, 6.45) is 6.29. The van der Waals surface area contributed by atoms with Crippen molar-refractivity contribution in [2.45, 2.75) is 13.1 Å². The van der Waals surface area contributed by atoms with E-state index in [9.17, 15) is 14.0 Å². The molecule has 1 aromatic heterocycles. The van der Waals surface area contributed by atoms with Crippen molar-refractivity contribution in [2.75, 3.05) is 43.2 Å². The average Bonchev–Trinajstić information content (AvgIpc) is 2.94. The van der Waals surface area contributed by atoms with Crippen LogP contribution < -0.4 is 20.9 Å². The third-order valence-corrected chi connectivity index (χ3v) is 6.25. The fraction of sp³-hybridized carbons (Fsp3) is 0.207. The summed E-state index contributed by atoms with van der Waals surface area (Å²) in [5, 5.41) is 16.1. The van der Waals surface area contributed by atoms with E-state index in [1.807, 2.05) is 19.0 Å². The number of nitrogens with zero attached hydrogens (tertiary/aromatic N) is 5. The lowest BCUT2D eigenvalue weighted by atomic mass is 10.1. The largest absolute Gasteiger partial charge is 0.392 e. The van der Waals surface area contributed by atoms with Gasteiger partial charge in [-0.05, 0) is 50.0 Å². The molecule has 1 aliphatic rings. The second kappa shape index (κ2) is 13.7. The Morgan fingerprint density at radius 1 is 1.19 bits per heavy atom. The van der Waals surface area contributed by atoms with Crippen molar-refractivity contribution >= 4 is 51.9 Å². The predicted molar refractivity (Wildman–Crippen MR) is 162 cm³/mol. The molecule has 2 heterocycles. The number of likely N-dealkylation sites (N-methyl/N-ethyl adjacent to an activating group) is 1. The van der Waals surface area contributed by atoms with Gasteiger partial charge in [0.15, 0.2) is 5.82 Å². The van der Waals surface area contributed by atoms with Gasteiger partial charge >= 0.3 is 6.03 Å². The van der Waals surface area contributed by atoms with Crippen molar-refractivity contribution in [3.63, 3.8) is 0 Å². The molecular weight excluding hydrogens is 561 g/mol. The third-order valence-electron chi connectivity index (χ3n) is 6.05. The highest BCUT2D eigenvalue weighted by atomic mass is 35.5. The minimum absolute atomic E-state index is 0.126. The molecular formula is C29H31ClFN9O2. The van der Waals surface area contributed by atoms with Crippen LogP contribution in [0.15, 0.2) is 78.8 Å². The molecule has 42 heavy (non-hydrogen) atoms. The second-order valence-electron chi connectivity index (χ2n) is 9.63. The molecule has 218 valence electrons. The Labute approximate surface area is 248 Å². The zero-order valence-corrected chi connectivity index (χ0v) is 24.1. The van der Waals surface area contributed by atoms with E-state index in [2.05, 4.69) is 25.9 Å². The van der Waals surface area contributed by atoms with Crippen molar-refractivity contribution < 1.29 is 14.0 Å². The van der Waals surface area contributed by atoms with Crippen molar-refractivity contribution in [2.24, 2.45) is 0 Å². The molecule has 4 rings (SSSR count). The molecule has 3 amide bonds. The van der Waals surface area contributed by atoms with Gasteiger partial charge in [-0.25, -0.2) is 19.1 Å². The molecule has 0 saturated carbocycles. The van der Waals surface area contributed by atoms with Gasteiger partial charge in [-0.2, -0.15) is 4.98 Å². The van der Waals surface area contributed by atoms with Crippen LogP contribution in [0.25, 0.3) is 0 Å².